The van der Waals surface area contributed by atoms with Crippen molar-refractivity contribution in [3.05, 3.63) is 53.9 Å². The number of fused-ring (bicyclic) bond motifs is 1. The molecule has 4 rings (SSSR count). The third-order valence-electron chi connectivity index (χ3n) is 6.25. The highest BCUT2D eigenvalue weighted by Gasteiger charge is 2.38. The minimum atomic E-state index is -4.64. The lowest BCUT2D eigenvalue weighted by molar-refractivity contribution is -0.146. The predicted molar refractivity (Wildman–Crippen MR) is 121 cm³/mol. The van der Waals surface area contributed by atoms with E-state index in [1.165, 1.54) is 11.6 Å². The molecular formula is C23H28F3N7O. The highest BCUT2D eigenvalue weighted by molar-refractivity contribution is 5.79. The van der Waals surface area contributed by atoms with Crippen LogP contribution in [-0.4, -0.2) is 70.4 Å². The molecule has 8 nitrogen and oxygen atoms in total. The lowest BCUT2D eigenvalue weighted by Crippen LogP contribution is -2.46. The number of nitrogens with one attached hydrogen (secondary N) is 1. The van der Waals surface area contributed by atoms with E-state index in [4.69, 9.17) is 0 Å². The molecule has 1 aliphatic heterocycles. The van der Waals surface area contributed by atoms with Crippen molar-refractivity contribution < 1.29 is 18.0 Å². The maximum Gasteiger partial charge on any atom is 0.453 e. The summed E-state index contributed by atoms with van der Waals surface area (Å²) in [5.74, 6) is -0.863. The zero-order valence-corrected chi connectivity index (χ0v) is 19.2. The van der Waals surface area contributed by atoms with Gasteiger partial charge in [0.1, 0.15) is 5.82 Å². The molecule has 1 N–H and O–H groups in total. The van der Waals surface area contributed by atoms with Crippen LogP contribution in [0, 0.1) is 5.92 Å². The van der Waals surface area contributed by atoms with Gasteiger partial charge >= 0.3 is 6.18 Å². The van der Waals surface area contributed by atoms with Crippen molar-refractivity contribution in [1.82, 2.24) is 30.0 Å². The first-order valence-electron chi connectivity index (χ1n) is 11.2. The van der Waals surface area contributed by atoms with Crippen LogP contribution in [0.1, 0.15) is 24.2 Å². The first-order chi connectivity index (χ1) is 16.2. The van der Waals surface area contributed by atoms with Crippen molar-refractivity contribution in [1.29, 1.82) is 0 Å². The van der Waals surface area contributed by atoms with Crippen LogP contribution in [0.4, 0.5) is 19.0 Å². The van der Waals surface area contributed by atoms with Gasteiger partial charge in [-0.15, -0.1) is 15.3 Å². The van der Waals surface area contributed by atoms with Gasteiger partial charge in [0.05, 0.1) is 0 Å². The Hall–Kier alpha value is -3.21. The number of aromatic nitrogens is 4. The van der Waals surface area contributed by atoms with Crippen molar-refractivity contribution >= 4 is 17.4 Å². The van der Waals surface area contributed by atoms with E-state index in [-0.39, 0.29) is 23.5 Å². The number of alkyl halides is 3. The van der Waals surface area contributed by atoms with Crippen molar-refractivity contribution in [2.24, 2.45) is 5.92 Å². The summed E-state index contributed by atoms with van der Waals surface area (Å²) in [7, 11) is 4.00. The number of anilines is 1. The fourth-order valence-corrected chi connectivity index (χ4v) is 4.18. The number of hydrogen-bond acceptors (Lipinski definition) is 6. The lowest BCUT2D eigenvalue weighted by Gasteiger charge is -2.32. The number of hydrogen-bond donors (Lipinski definition) is 1. The van der Waals surface area contributed by atoms with Crippen LogP contribution in [0.25, 0.3) is 5.65 Å². The third-order valence-corrected chi connectivity index (χ3v) is 6.25. The number of halogens is 3. The second-order valence-corrected chi connectivity index (χ2v) is 8.80. The Morgan fingerprint density at radius 1 is 1.12 bits per heavy atom. The average Bonchev–Trinajstić information content (AvgIpc) is 3.26. The molecule has 1 fully saturated rings. The summed E-state index contributed by atoms with van der Waals surface area (Å²) < 4.78 is 40.2. The van der Waals surface area contributed by atoms with Crippen LogP contribution < -0.4 is 10.2 Å². The summed E-state index contributed by atoms with van der Waals surface area (Å²) in [4.78, 5) is 16.8. The largest absolute Gasteiger partial charge is 0.453 e. The van der Waals surface area contributed by atoms with Crippen molar-refractivity contribution in [3.63, 3.8) is 0 Å². The Kier molecular flexibility index (Phi) is 7.01. The fourth-order valence-electron chi connectivity index (χ4n) is 4.18. The van der Waals surface area contributed by atoms with Crippen LogP contribution in [0.3, 0.4) is 0 Å². The number of amides is 1. The summed E-state index contributed by atoms with van der Waals surface area (Å²) in [6, 6.07) is 13.4. The van der Waals surface area contributed by atoms with E-state index >= 15 is 0 Å². The Bertz CT molecular complexity index is 1110. The van der Waals surface area contributed by atoms with E-state index in [9.17, 15) is 18.0 Å². The summed E-state index contributed by atoms with van der Waals surface area (Å²) >= 11 is 0. The first kappa shape index (κ1) is 23.9. The molecule has 1 amide bonds. The second kappa shape index (κ2) is 9.96. The Labute approximate surface area is 195 Å². The van der Waals surface area contributed by atoms with Gasteiger partial charge in [-0.3, -0.25) is 4.79 Å². The van der Waals surface area contributed by atoms with Crippen LogP contribution in [-0.2, 0) is 17.4 Å². The standard InChI is InChI=1S/C23H28F3N7O/c1-31(2)18(14-16-6-4-3-5-7-16)15-27-21(34)17-10-12-32(13-11-17)20-9-8-19-28-29-22(23(24,25)26)33(19)30-20/h3-9,17-18H,10-15H2,1-2H3,(H,27,34). The van der Waals surface area contributed by atoms with Gasteiger partial charge in [0.25, 0.3) is 5.82 Å². The number of benzene rings is 1. The van der Waals surface area contributed by atoms with Gasteiger partial charge in [-0.2, -0.15) is 17.7 Å². The molecule has 182 valence electrons. The van der Waals surface area contributed by atoms with Gasteiger partial charge in [-0.25, -0.2) is 0 Å². The molecule has 1 saturated heterocycles. The van der Waals surface area contributed by atoms with Crippen molar-refractivity contribution in [2.45, 2.75) is 31.5 Å². The van der Waals surface area contributed by atoms with Crippen LogP contribution in [0.5, 0.6) is 0 Å². The van der Waals surface area contributed by atoms with E-state index in [1.54, 1.807) is 6.07 Å². The number of rotatable bonds is 7. The maximum absolute atomic E-state index is 13.1. The molecule has 1 atom stereocenters. The smallest absolute Gasteiger partial charge is 0.355 e. The maximum atomic E-state index is 13.1. The number of piperidine rings is 1. The molecule has 34 heavy (non-hydrogen) atoms. The quantitative estimate of drug-likeness (QED) is 0.566. The van der Waals surface area contributed by atoms with E-state index in [1.807, 2.05) is 37.2 Å². The van der Waals surface area contributed by atoms with Crippen LogP contribution in [0.15, 0.2) is 42.5 Å². The molecule has 3 heterocycles. The molecule has 11 heteroatoms. The first-order valence-corrected chi connectivity index (χ1v) is 11.2. The molecule has 0 spiro atoms. The number of carbonyl (C=O) groups is 1. The molecule has 0 radical (unpaired) electrons. The molecule has 0 bridgehead atoms. The summed E-state index contributed by atoms with van der Waals surface area (Å²) in [6.07, 6.45) is -2.60. The molecule has 0 aliphatic carbocycles. The van der Waals surface area contributed by atoms with Gasteiger partial charge in [0.15, 0.2) is 5.65 Å². The second-order valence-electron chi connectivity index (χ2n) is 8.80. The van der Waals surface area contributed by atoms with E-state index in [2.05, 4.69) is 37.6 Å². The zero-order chi connectivity index (χ0) is 24.3. The molecule has 1 unspecified atom stereocenters. The summed E-state index contributed by atoms with van der Waals surface area (Å²) in [6.45, 7) is 1.61. The van der Waals surface area contributed by atoms with E-state index in [0.29, 0.717) is 38.3 Å². The van der Waals surface area contributed by atoms with E-state index < -0.39 is 12.0 Å². The van der Waals surface area contributed by atoms with Gasteiger partial charge in [0.2, 0.25) is 5.91 Å². The van der Waals surface area contributed by atoms with Crippen molar-refractivity contribution in [3.8, 4) is 0 Å². The predicted octanol–water partition coefficient (Wildman–Crippen LogP) is 2.65. The minimum Gasteiger partial charge on any atom is -0.355 e. The zero-order valence-electron chi connectivity index (χ0n) is 19.2. The number of nitrogens with zero attached hydrogens (tertiary/aromatic N) is 6. The Morgan fingerprint density at radius 3 is 2.47 bits per heavy atom. The highest BCUT2D eigenvalue weighted by atomic mass is 19.4. The monoisotopic (exact) mass is 475 g/mol. The van der Waals surface area contributed by atoms with Crippen LogP contribution >= 0.6 is 0 Å². The van der Waals surface area contributed by atoms with Crippen LogP contribution in [0.2, 0.25) is 0 Å². The number of likely N-dealkylation sites (N-methyl/N-ethyl adjacent to an activating group) is 1. The molecule has 1 aliphatic rings. The third kappa shape index (κ3) is 5.46. The molecule has 3 aromatic rings. The fraction of sp³-hybridized carbons (Fsp3) is 0.478. The molecule has 0 saturated carbocycles. The van der Waals surface area contributed by atoms with Gasteiger partial charge in [0, 0.05) is 31.6 Å². The molecule has 2 aromatic heterocycles. The highest BCUT2D eigenvalue weighted by Crippen LogP contribution is 2.28. The topological polar surface area (TPSA) is 78.7 Å². The normalized spacial score (nSPS) is 16.2. The van der Waals surface area contributed by atoms with Gasteiger partial charge in [-0.05, 0) is 51.1 Å². The molecule has 1 aromatic carbocycles. The average molecular weight is 476 g/mol. The Balaban J connectivity index is 1.33. The van der Waals surface area contributed by atoms with E-state index in [0.717, 1.165) is 10.9 Å². The molecular weight excluding hydrogens is 447 g/mol. The number of carbonyl (C=O) groups excluding carboxylic acids is 1. The van der Waals surface area contributed by atoms with Gasteiger partial charge in [-0.1, -0.05) is 30.3 Å². The Morgan fingerprint density at radius 2 is 1.82 bits per heavy atom. The summed E-state index contributed by atoms with van der Waals surface area (Å²) in [5.41, 5.74) is 1.26. The van der Waals surface area contributed by atoms with Crippen molar-refractivity contribution in [2.75, 3.05) is 38.6 Å². The summed E-state index contributed by atoms with van der Waals surface area (Å²) in [5, 5.41) is 13.9. The lowest BCUT2D eigenvalue weighted by atomic mass is 9.95. The minimum absolute atomic E-state index is 0.0149. The SMILES string of the molecule is CN(C)C(CNC(=O)C1CCN(c2ccc3nnc(C(F)(F)F)n3n2)CC1)Cc1ccccc1. The van der Waals surface area contributed by atoms with Gasteiger partial charge < -0.3 is 15.1 Å².